The summed E-state index contributed by atoms with van der Waals surface area (Å²) in [7, 11) is 3.07. The zero-order chi connectivity index (χ0) is 23.1. The molecule has 0 unspecified atom stereocenters. The zero-order valence-electron chi connectivity index (χ0n) is 18.5. The van der Waals surface area contributed by atoms with Crippen LogP contribution in [0.5, 0.6) is 11.5 Å². The second-order valence-electron chi connectivity index (χ2n) is 7.21. The molecule has 0 radical (unpaired) electrons. The summed E-state index contributed by atoms with van der Waals surface area (Å²) in [6.45, 7) is 3.99. The number of hydrogen-bond donors (Lipinski definition) is 2. The number of hydrogen-bond acceptors (Lipinski definition) is 5. The van der Waals surface area contributed by atoms with E-state index < -0.39 is 0 Å². The van der Waals surface area contributed by atoms with E-state index in [4.69, 9.17) is 9.47 Å². The summed E-state index contributed by atoms with van der Waals surface area (Å²) in [4.78, 5) is 25.9. The first-order valence-corrected chi connectivity index (χ1v) is 11.0. The van der Waals surface area contributed by atoms with Crippen LogP contribution in [0.25, 0.3) is 0 Å². The Bertz CT molecular complexity index is 1130. The Morgan fingerprint density at radius 2 is 1.66 bits per heavy atom. The third-order valence-electron chi connectivity index (χ3n) is 4.76. The van der Waals surface area contributed by atoms with Gasteiger partial charge in [0.2, 0.25) is 5.91 Å². The zero-order valence-corrected chi connectivity index (χ0v) is 19.3. The van der Waals surface area contributed by atoms with Crippen LogP contribution in [0.3, 0.4) is 0 Å². The Morgan fingerprint density at radius 3 is 2.38 bits per heavy atom. The molecule has 7 heteroatoms. The highest BCUT2D eigenvalue weighted by Gasteiger charge is 2.12. The van der Waals surface area contributed by atoms with E-state index in [1.165, 1.54) is 18.9 Å². The molecule has 0 aliphatic heterocycles. The second-order valence-corrected chi connectivity index (χ2v) is 8.26. The minimum Gasteiger partial charge on any atom is -0.493 e. The van der Waals surface area contributed by atoms with Crippen molar-refractivity contribution in [2.24, 2.45) is 0 Å². The fourth-order valence-corrected chi connectivity index (χ4v) is 3.89. The molecule has 0 aliphatic rings. The lowest BCUT2D eigenvalue weighted by atomic mass is 10.1. The van der Waals surface area contributed by atoms with E-state index in [0.717, 1.165) is 21.7 Å². The molecular weight excluding hydrogens is 424 g/mol. The van der Waals surface area contributed by atoms with Gasteiger partial charge >= 0.3 is 0 Å². The smallest absolute Gasteiger partial charge is 0.255 e. The molecule has 6 nitrogen and oxygen atoms in total. The normalized spacial score (nSPS) is 10.4. The highest BCUT2D eigenvalue weighted by Crippen LogP contribution is 2.28. The number of methoxy groups -OCH3 is 2. The first-order valence-electron chi connectivity index (χ1n) is 10.0. The predicted octanol–water partition coefficient (Wildman–Crippen LogP) is 5.30. The molecule has 0 bridgehead atoms. The summed E-state index contributed by atoms with van der Waals surface area (Å²) >= 11 is 1.40. The maximum absolute atomic E-state index is 12.6. The third kappa shape index (κ3) is 6.04. The van der Waals surface area contributed by atoms with Gasteiger partial charge in [-0.3, -0.25) is 9.59 Å². The Labute approximate surface area is 192 Å². The van der Waals surface area contributed by atoms with Crippen LogP contribution in [0.1, 0.15) is 21.5 Å². The lowest BCUT2D eigenvalue weighted by Gasteiger charge is -2.11. The summed E-state index contributed by atoms with van der Waals surface area (Å²) in [6.07, 6.45) is 0. The Kier molecular flexibility index (Phi) is 7.78. The maximum Gasteiger partial charge on any atom is 0.255 e. The van der Waals surface area contributed by atoms with E-state index in [1.54, 1.807) is 31.4 Å². The summed E-state index contributed by atoms with van der Waals surface area (Å²) < 4.78 is 10.5. The van der Waals surface area contributed by atoms with Gasteiger partial charge in [-0.15, -0.1) is 11.8 Å². The van der Waals surface area contributed by atoms with Gasteiger partial charge in [-0.1, -0.05) is 23.8 Å². The molecule has 0 saturated heterocycles. The molecule has 0 aromatic heterocycles. The van der Waals surface area contributed by atoms with Gasteiger partial charge in [0.05, 0.1) is 20.0 Å². The predicted molar refractivity (Wildman–Crippen MR) is 129 cm³/mol. The summed E-state index contributed by atoms with van der Waals surface area (Å²) in [5.41, 5.74) is 4.10. The average Bonchev–Trinajstić information content (AvgIpc) is 2.79. The van der Waals surface area contributed by atoms with Crippen molar-refractivity contribution >= 4 is 35.0 Å². The molecule has 0 fully saturated rings. The first kappa shape index (κ1) is 23.2. The SMILES string of the molecule is COc1ccc(C(=O)Nc2cccc(SCC(=O)Nc3ccc(C)cc3C)c2)cc1OC. The van der Waals surface area contributed by atoms with Crippen LogP contribution in [-0.4, -0.2) is 31.8 Å². The summed E-state index contributed by atoms with van der Waals surface area (Å²) in [5, 5.41) is 5.82. The number of benzene rings is 3. The van der Waals surface area contributed by atoms with Gasteiger partial charge in [0.25, 0.3) is 5.91 Å². The van der Waals surface area contributed by atoms with E-state index in [0.29, 0.717) is 22.7 Å². The Balaban J connectivity index is 1.60. The van der Waals surface area contributed by atoms with Crippen molar-refractivity contribution in [3.63, 3.8) is 0 Å². The van der Waals surface area contributed by atoms with Gasteiger partial charge < -0.3 is 20.1 Å². The van der Waals surface area contributed by atoms with Crippen molar-refractivity contribution in [1.82, 2.24) is 0 Å². The summed E-state index contributed by atoms with van der Waals surface area (Å²) in [5.74, 6) is 0.962. The number of carbonyl (C=O) groups excluding carboxylic acids is 2. The van der Waals surface area contributed by atoms with E-state index in [2.05, 4.69) is 10.6 Å². The van der Waals surface area contributed by atoms with E-state index in [1.807, 2.05) is 50.2 Å². The highest BCUT2D eigenvalue weighted by molar-refractivity contribution is 8.00. The molecule has 3 aromatic rings. The third-order valence-corrected chi connectivity index (χ3v) is 5.76. The second kappa shape index (κ2) is 10.7. The van der Waals surface area contributed by atoms with Gasteiger partial charge in [-0.25, -0.2) is 0 Å². The van der Waals surface area contributed by atoms with Crippen molar-refractivity contribution in [3.05, 3.63) is 77.4 Å². The van der Waals surface area contributed by atoms with Gasteiger partial charge in [-0.05, 0) is 61.9 Å². The number of ether oxygens (including phenoxy) is 2. The van der Waals surface area contributed by atoms with Crippen molar-refractivity contribution < 1.29 is 19.1 Å². The monoisotopic (exact) mass is 450 g/mol. The van der Waals surface area contributed by atoms with Gasteiger partial charge in [0.15, 0.2) is 11.5 Å². The molecule has 2 N–H and O–H groups in total. The average molecular weight is 451 g/mol. The number of carbonyl (C=O) groups is 2. The topological polar surface area (TPSA) is 76.7 Å². The highest BCUT2D eigenvalue weighted by atomic mass is 32.2. The minimum atomic E-state index is -0.263. The quantitative estimate of drug-likeness (QED) is 0.455. The molecule has 3 rings (SSSR count). The first-order chi connectivity index (χ1) is 15.4. The van der Waals surface area contributed by atoms with Gasteiger partial charge in [-0.2, -0.15) is 0 Å². The van der Waals surface area contributed by atoms with E-state index in [-0.39, 0.29) is 17.6 Å². The van der Waals surface area contributed by atoms with Crippen LogP contribution in [0.4, 0.5) is 11.4 Å². The van der Waals surface area contributed by atoms with Crippen molar-refractivity contribution in [3.8, 4) is 11.5 Å². The minimum absolute atomic E-state index is 0.0817. The largest absolute Gasteiger partial charge is 0.493 e. The lowest BCUT2D eigenvalue weighted by molar-refractivity contribution is -0.113. The van der Waals surface area contributed by atoms with Crippen LogP contribution in [0.15, 0.2) is 65.6 Å². The number of thioether (sulfide) groups is 1. The molecule has 0 aliphatic carbocycles. The molecule has 2 amide bonds. The van der Waals surface area contributed by atoms with Crippen LogP contribution in [0.2, 0.25) is 0 Å². The fourth-order valence-electron chi connectivity index (χ4n) is 3.13. The van der Waals surface area contributed by atoms with Crippen molar-refractivity contribution in [1.29, 1.82) is 0 Å². The fraction of sp³-hybridized carbons (Fsp3) is 0.200. The molecule has 0 saturated carbocycles. The molecule has 0 spiro atoms. The van der Waals surface area contributed by atoms with Crippen molar-refractivity contribution in [2.45, 2.75) is 18.7 Å². The number of aryl methyl sites for hydroxylation is 2. The lowest BCUT2D eigenvalue weighted by Crippen LogP contribution is -2.15. The van der Waals surface area contributed by atoms with E-state index >= 15 is 0 Å². The summed E-state index contributed by atoms with van der Waals surface area (Å²) in [6, 6.07) is 18.3. The van der Waals surface area contributed by atoms with E-state index in [9.17, 15) is 9.59 Å². The van der Waals surface area contributed by atoms with Gasteiger partial charge in [0.1, 0.15) is 0 Å². The molecular formula is C25H26N2O4S. The van der Waals surface area contributed by atoms with Gasteiger partial charge in [0, 0.05) is 21.8 Å². The maximum atomic E-state index is 12.6. The number of anilines is 2. The number of amides is 2. The standard InChI is InChI=1S/C25H26N2O4S/c1-16-8-10-21(17(2)12-16)27-24(28)15-32-20-7-5-6-19(14-20)26-25(29)18-9-11-22(30-3)23(13-18)31-4/h5-14H,15H2,1-4H3,(H,26,29)(H,27,28). The molecule has 3 aromatic carbocycles. The number of nitrogens with one attached hydrogen (secondary N) is 2. The molecule has 166 valence electrons. The molecule has 0 heterocycles. The molecule has 0 atom stereocenters. The molecule has 32 heavy (non-hydrogen) atoms. The van der Waals surface area contributed by atoms with Crippen LogP contribution in [-0.2, 0) is 4.79 Å². The Morgan fingerprint density at radius 1 is 0.875 bits per heavy atom. The van der Waals surface area contributed by atoms with Crippen molar-refractivity contribution in [2.75, 3.05) is 30.6 Å². The van der Waals surface area contributed by atoms with Crippen LogP contribution < -0.4 is 20.1 Å². The van der Waals surface area contributed by atoms with Crippen LogP contribution in [0, 0.1) is 13.8 Å². The van der Waals surface area contributed by atoms with Crippen LogP contribution >= 0.6 is 11.8 Å². The Hall–Kier alpha value is -3.45. The number of rotatable bonds is 8.